The van der Waals surface area contributed by atoms with E-state index in [9.17, 15) is 5.11 Å². The zero-order chi connectivity index (χ0) is 11.8. The molecule has 0 bridgehead atoms. The van der Waals surface area contributed by atoms with Gasteiger partial charge in [-0.25, -0.2) is 9.97 Å². The standard InChI is InChI=1S/C11H11BrN2OS/c1-11(2,15)10-13-4-3-8(14-10)9-5-7(12)6-16-9/h3-6,15H,1-2H3. The van der Waals surface area contributed by atoms with Gasteiger partial charge >= 0.3 is 0 Å². The van der Waals surface area contributed by atoms with E-state index in [-0.39, 0.29) is 0 Å². The summed E-state index contributed by atoms with van der Waals surface area (Å²) in [7, 11) is 0. The largest absolute Gasteiger partial charge is 0.382 e. The van der Waals surface area contributed by atoms with Crippen molar-refractivity contribution in [3.63, 3.8) is 0 Å². The van der Waals surface area contributed by atoms with Crippen molar-refractivity contribution in [1.82, 2.24) is 9.97 Å². The lowest BCUT2D eigenvalue weighted by atomic mass is 10.1. The fourth-order valence-corrected chi connectivity index (χ4v) is 2.64. The van der Waals surface area contributed by atoms with Crippen molar-refractivity contribution in [2.24, 2.45) is 0 Å². The van der Waals surface area contributed by atoms with Crippen LogP contribution in [-0.2, 0) is 5.60 Å². The first-order valence-corrected chi connectivity index (χ1v) is 6.44. The Morgan fingerprint density at radius 1 is 1.44 bits per heavy atom. The molecule has 0 fully saturated rings. The van der Waals surface area contributed by atoms with Gasteiger partial charge in [-0.05, 0) is 41.9 Å². The molecular formula is C11H11BrN2OS. The molecule has 0 saturated heterocycles. The Hall–Kier alpha value is -0.780. The van der Waals surface area contributed by atoms with E-state index in [1.54, 1.807) is 31.4 Å². The van der Waals surface area contributed by atoms with Crippen LogP contribution in [0.5, 0.6) is 0 Å². The molecule has 2 aromatic rings. The van der Waals surface area contributed by atoms with E-state index in [4.69, 9.17) is 0 Å². The van der Waals surface area contributed by atoms with Gasteiger partial charge in [0.05, 0.1) is 10.6 Å². The van der Waals surface area contributed by atoms with Gasteiger partial charge in [-0.15, -0.1) is 11.3 Å². The predicted molar refractivity (Wildman–Crippen MR) is 68.3 cm³/mol. The molecule has 0 aromatic carbocycles. The van der Waals surface area contributed by atoms with Crippen molar-refractivity contribution in [2.45, 2.75) is 19.4 Å². The molecule has 16 heavy (non-hydrogen) atoms. The maximum atomic E-state index is 9.83. The highest BCUT2D eigenvalue weighted by atomic mass is 79.9. The van der Waals surface area contributed by atoms with Crippen molar-refractivity contribution >= 4 is 27.3 Å². The van der Waals surface area contributed by atoms with Crippen molar-refractivity contribution < 1.29 is 5.11 Å². The van der Waals surface area contributed by atoms with Gasteiger partial charge in [-0.2, -0.15) is 0 Å². The van der Waals surface area contributed by atoms with E-state index in [2.05, 4.69) is 25.9 Å². The molecule has 2 aromatic heterocycles. The number of hydrogen-bond acceptors (Lipinski definition) is 4. The first-order chi connectivity index (χ1) is 7.47. The van der Waals surface area contributed by atoms with Gasteiger partial charge in [-0.1, -0.05) is 0 Å². The van der Waals surface area contributed by atoms with Crippen LogP contribution < -0.4 is 0 Å². The van der Waals surface area contributed by atoms with Crippen LogP contribution in [0.1, 0.15) is 19.7 Å². The van der Waals surface area contributed by atoms with Crippen LogP contribution >= 0.6 is 27.3 Å². The number of thiophene rings is 1. The van der Waals surface area contributed by atoms with Crippen molar-refractivity contribution in [3.8, 4) is 10.6 Å². The van der Waals surface area contributed by atoms with E-state index in [1.807, 2.05) is 17.5 Å². The number of aromatic nitrogens is 2. The summed E-state index contributed by atoms with van der Waals surface area (Å²) in [6.45, 7) is 3.35. The monoisotopic (exact) mass is 298 g/mol. The van der Waals surface area contributed by atoms with E-state index >= 15 is 0 Å². The van der Waals surface area contributed by atoms with Crippen LogP contribution in [0.25, 0.3) is 10.6 Å². The Kier molecular flexibility index (Phi) is 3.10. The number of hydrogen-bond donors (Lipinski definition) is 1. The topological polar surface area (TPSA) is 46.0 Å². The molecule has 0 aliphatic rings. The predicted octanol–water partition coefficient (Wildman–Crippen LogP) is 3.20. The second-order valence-corrected chi connectivity index (χ2v) is 5.78. The number of nitrogens with zero attached hydrogens (tertiary/aromatic N) is 2. The van der Waals surface area contributed by atoms with Gasteiger partial charge in [-0.3, -0.25) is 0 Å². The molecule has 0 unspecified atom stereocenters. The highest BCUT2D eigenvalue weighted by Crippen LogP contribution is 2.29. The Morgan fingerprint density at radius 3 is 2.75 bits per heavy atom. The van der Waals surface area contributed by atoms with E-state index in [0.717, 1.165) is 15.0 Å². The number of aliphatic hydroxyl groups is 1. The third-order valence-electron chi connectivity index (χ3n) is 2.02. The average molecular weight is 299 g/mol. The Balaban J connectivity index is 2.44. The molecule has 1 N–H and O–H groups in total. The normalized spacial score (nSPS) is 11.8. The van der Waals surface area contributed by atoms with E-state index in [1.165, 1.54) is 0 Å². The van der Waals surface area contributed by atoms with Crippen LogP contribution in [0, 0.1) is 0 Å². The first-order valence-electron chi connectivity index (χ1n) is 4.77. The van der Waals surface area contributed by atoms with Gasteiger partial charge in [0.2, 0.25) is 0 Å². The molecule has 0 radical (unpaired) electrons. The zero-order valence-electron chi connectivity index (χ0n) is 8.94. The Bertz CT molecular complexity index is 505. The van der Waals surface area contributed by atoms with Gasteiger partial charge < -0.3 is 5.11 Å². The molecular weight excluding hydrogens is 288 g/mol. The fraction of sp³-hybridized carbons (Fsp3) is 0.273. The van der Waals surface area contributed by atoms with Gasteiger partial charge in [0.15, 0.2) is 5.82 Å². The summed E-state index contributed by atoms with van der Waals surface area (Å²) < 4.78 is 1.04. The lowest BCUT2D eigenvalue weighted by Crippen LogP contribution is -2.19. The first kappa shape index (κ1) is 11.7. The van der Waals surface area contributed by atoms with Crippen molar-refractivity contribution in [3.05, 3.63) is 34.0 Å². The SMILES string of the molecule is CC(C)(O)c1nccc(-c2cc(Br)cs2)n1. The van der Waals surface area contributed by atoms with Gasteiger partial charge in [0.1, 0.15) is 5.60 Å². The maximum Gasteiger partial charge on any atom is 0.160 e. The van der Waals surface area contributed by atoms with Crippen molar-refractivity contribution in [1.29, 1.82) is 0 Å². The highest BCUT2D eigenvalue weighted by molar-refractivity contribution is 9.10. The lowest BCUT2D eigenvalue weighted by molar-refractivity contribution is 0.0688. The second-order valence-electron chi connectivity index (χ2n) is 3.95. The molecule has 2 rings (SSSR count). The Labute approximate surface area is 106 Å². The minimum atomic E-state index is -1.01. The summed E-state index contributed by atoms with van der Waals surface area (Å²) in [6.07, 6.45) is 1.67. The molecule has 0 aliphatic heterocycles. The van der Waals surface area contributed by atoms with Crippen LogP contribution in [-0.4, -0.2) is 15.1 Å². The smallest absolute Gasteiger partial charge is 0.160 e. The second kappa shape index (κ2) is 4.24. The minimum absolute atomic E-state index is 0.439. The summed E-state index contributed by atoms with van der Waals surface area (Å²) in [4.78, 5) is 9.49. The third kappa shape index (κ3) is 2.48. The van der Waals surface area contributed by atoms with E-state index < -0.39 is 5.60 Å². The minimum Gasteiger partial charge on any atom is -0.382 e. The lowest BCUT2D eigenvalue weighted by Gasteiger charge is -2.15. The molecule has 0 amide bonds. The molecule has 3 nitrogen and oxygen atoms in total. The van der Waals surface area contributed by atoms with Gasteiger partial charge in [0, 0.05) is 16.0 Å². The molecule has 5 heteroatoms. The molecule has 0 saturated carbocycles. The quantitative estimate of drug-likeness (QED) is 0.926. The zero-order valence-corrected chi connectivity index (χ0v) is 11.3. The summed E-state index contributed by atoms with van der Waals surface area (Å²) in [5.41, 5.74) is -0.173. The maximum absolute atomic E-state index is 9.83. The molecule has 0 spiro atoms. The van der Waals surface area contributed by atoms with Crippen LogP contribution in [0.15, 0.2) is 28.2 Å². The number of halogens is 1. The summed E-state index contributed by atoms with van der Waals surface area (Å²) in [5.74, 6) is 0.439. The van der Waals surface area contributed by atoms with Crippen LogP contribution in [0.2, 0.25) is 0 Å². The van der Waals surface area contributed by atoms with E-state index in [0.29, 0.717) is 5.82 Å². The fourth-order valence-electron chi connectivity index (χ4n) is 1.24. The van der Waals surface area contributed by atoms with Crippen molar-refractivity contribution in [2.75, 3.05) is 0 Å². The van der Waals surface area contributed by atoms with Crippen LogP contribution in [0.3, 0.4) is 0 Å². The molecule has 0 atom stereocenters. The summed E-state index contributed by atoms with van der Waals surface area (Å²) in [6, 6.07) is 3.84. The van der Waals surface area contributed by atoms with Gasteiger partial charge in [0.25, 0.3) is 0 Å². The average Bonchev–Trinajstić information content (AvgIpc) is 2.64. The molecule has 2 heterocycles. The molecule has 84 valence electrons. The summed E-state index contributed by atoms with van der Waals surface area (Å²) >= 11 is 5.01. The highest BCUT2D eigenvalue weighted by Gasteiger charge is 2.20. The Morgan fingerprint density at radius 2 is 2.19 bits per heavy atom. The third-order valence-corrected chi connectivity index (χ3v) is 3.74. The molecule has 0 aliphatic carbocycles. The number of rotatable bonds is 2. The summed E-state index contributed by atoms with van der Waals surface area (Å²) in [5, 5.41) is 11.8. The van der Waals surface area contributed by atoms with Crippen LogP contribution in [0.4, 0.5) is 0 Å².